The summed E-state index contributed by atoms with van der Waals surface area (Å²) < 4.78 is 18.8. The zero-order valence-electron chi connectivity index (χ0n) is 40.1. The van der Waals surface area contributed by atoms with Crippen molar-refractivity contribution in [2.45, 2.75) is 93.0 Å². The third-order valence-electron chi connectivity index (χ3n) is 12.0. The number of esters is 1. The van der Waals surface area contributed by atoms with Gasteiger partial charge in [0.25, 0.3) is 0 Å². The van der Waals surface area contributed by atoms with E-state index in [0.717, 1.165) is 66.9 Å². The summed E-state index contributed by atoms with van der Waals surface area (Å²) in [5, 5.41) is 10.1. The van der Waals surface area contributed by atoms with Crippen molar-refractivity contribution in [1.29, 1.82) is 0 Å². The van der Waals surface area contributed by atoms with E-state index in [1.54, 1.807) is 11.3 Å². The molecule has 3 amide bonds. The summed E-state index contributed by atoms with van der Waals surface area (Å²) in [6, 6.07) is 24.0. The highest BCUT2D eigenvalue weighted by Gasteiger charge is 2.46. The summed E-state index contributed by atoms with van der Waals surface area (Å²) in [5.41, 5.74) is 10.6. The van der Waals surface area contributed by atoms with E-state index in [2.05, 4.69) is 86.9 Å². The van der Waals surface area contributed by atoms with Crippen LogP contribution in [0, 0.1) is 45.0 Å². The van der Waals surface area contributed by atoms with Crippen LogP contribution >= 0.6 is 11.3 Å². The van der Waals surface area contributed by atoms with E-state index in [1.165, 1.54) is 11.8 Å². The molecule has 0 saturated carbocycles. The molecule has 7 rings (SSSR count). The van der Waals surface area contributed by atoms with Crippen molar-refractivity contribution in [3.63, 3.8) is 0 Å². The minimum Gasteiger partial charge on any atom is -0.461 e. The van der Waals surface area contributed by atoms with Crippen LogP contribution in [0.25, 0.3) is 27.3 Å². The second kappa shape index (κ2) is 21.3. The molecule has 1 aliphatic heterocycles. The van der Waals surface area contributed by atoms with Crippen molar-refractivity contribution in [1.82, 2.24) is 30.2 Å². The third kappa shape index (κ3) is 11.6. The maximum absolute atomic E-state index is 14.5. The Morgan fingerprint density at radius 3 is 2.26 bits per heavy atom. The van der Waals surface area contributed by atoms with Gasteiger partial charge >= 0.3 is 5.97 Å². The Hall–Kier alpha value is -7.02. The van der Waals surface area contributed by atoms with E-state index in [0.29, 0.717) is 6.54 Å². The van der Waals surface area contributed by atoms with Gasteiger partial charge in [0.1, 0.15) is 37.2 Å². The molecule has 1 saturated heterocycles. The molecule has 1 aliphatic rings. The third-order valence-corrected chi connectivity index (χ3v) is 13.0. The number of carbonyl (C=O) groups excluding carboxylic acids is 4. The average molecular weight is 938 g/mol. The van der Waals surface area contributed by atoms with Crippen LogP contribution < -0.4 is 15.5 Å². The van der Waals surface area contributed by atoms with Crippen LogP contribution in [0.4, 0.5) is 11.4 Å². The first-order valence-corrected chi connectivity index (χ1v) is 23.5. The number of nitrogens with one attached hydrogen (secondary N) is 2. The Balaban J connectivity index is 1.00. The van der Waals surface area contributed by atoms with Gasteiger partial charge in [0.05, 0.1) is 40.9 Å². The van der Waals surface area contributed by atoms with Crippen molar-refractivity contribution in [2.24, 2.45) is 5.41 Å². The Labute approximate surface area is 402 Å². The molecule has 6 aromatic rings. The monoisotopic (exact) mass is 937 g/mol. The van der Waals surface area contributed by atoms with Gasteiger partial charge in [0, 0.05) is 48.4 Å². The summed E-state index contributed by atoms with van der Waals surface area (Å²) in [6.45, 7) is 16.5. The maximum atomic E-state index is 14.5. The van der Waals surface area contributed by atoms with Gasteiger partial charge < -0.3 is 39.0 Å². The SMILES string of the molecule is CC(=O)O[C@@H]1C[C@@H](C(=O)N[C@@H](C)c2ccc(-c3scnc3C)cc2)N(C(=O)[C@@H](NC(=O)COCC#CCN(c2ccc(-n3cccc3)cc2)c2cc(-c3c(C)noc3C)ccc2C)C(C)(C)C)C1. The fourth-order valence-electron chi connectivity index (χ4n) is 8.48. The summed E-state index contributed by atoms with van der Waals surface area (Å²) >= 11 is 1.57. The highest BCUT2D eigenvalue weighted by atomic mass is 32.1. The van der Waals surface area contributed by atoms with Crippen molar-refractivity contribution in [3.05, 3.63) is 125 Å². The van der Waals surface area contributed by atoms with E-state index in [1.807, 2.05) is 107 Å². The Morgan fingerprint density at radius 1 is 0.926 bits per heavy atom. The molecular weight excluding hydrogens is 879 g/mol. The number of carbonyl (C=O) groups is 4. The quantitative estimate of drug-likeness (QED) is 0.0580. The molecule has 1 fully saturated rings. The number of benzene rings is 3. The predicted octanol–water partition coefficient (Wildman–Crippen LogP) is 8.59. The number of amides is 3. The summed E-state index contributed by atoms with van der Waals surface area (Å²) in [5.74, 6) is 5.16. The Kier molecular flexibility index (Phi) is 15.3. The molecule has 0 bridgehead atoms. The van der Waals surface area contributed by atoms with Gasteiger partial charge in [-0.05, 0) is 105 Å². The van der Waals surface area contributed by atoms with Gasteiger partial charge in [-0.2, -0.15) is 0 Å². The van der Waals surface area contributed by atoms with Crippen LogP contribution in [0.2, 0.25) is 0 Å². The van der Waals surface area contributed by atoms with Gasteiger partial charge in [0.2, 0.25) is 17.7 Å². The molecule has 0 unspecified atom stereocenters. The number of aryl methyl sites for hydroxylation is 4. The van der Waals surface area contributed by atoms with Crippen LogP contribution in [0.1, 0.15) is 75.4 Å². The molecular formula is C53H59N7O7S. The zero-order chi connectivity index (χ0) is 48.7. The maximum Gasteiger partial charge on any atom is 0.302 e. The van der Waals surface area contributed by atoms with Gasteiger partial charge in [-0.1, -0.05) is 74.2 Å². The topological polar surface area (TPSA) is 161 Å². The van der Waals surface area contributed by atoms with Crippen LogP contribution in [-0.2, 0) is 28.7 Å². The predicted molar refractivity (Wildman–Crippen MR) is 263 cm³/mol. The number of nitrogens with zero attached hydrogens (tertiary/aromatic N) is 5. The number of thiazole rings is 1. The lowest BCUT2D eigenvalue weighted by molar-refractivity contribution is -0.147. The number of aromatic nitrogens is 3. The van der Waals surface area contributed by atoms with Crippen molar-refractivity contribution in [3.8, 4) is 39.1 Å². The Bertz CT molecular complexity index is 2780. The minimum absolute atomic E-state index is 0.000245. The molecule has 0 spiro atoms. The molecule has 0 aliphatic carbocycles. The van der Waals surface area contributed by atoms with Gasteiger partial charge in [-0.3, -0.25) is 19.2 Å². The zero-order valence-corrected chi connectivity index (χ0v) is 40.9. The first kappa shape index (κ1) is 48.9. The first-order valence-electron chi connectivity index (χ1n) is 22.6. The van der Waals surface area contributed by atoms with E-state index in [-0.39, 0.29) is 38.1 Å². The molecule has 354 valence electrons. The number of hydrogen-bond acceptors (Lipinski definition) is 11. The largest absolute Gasteiger partial charge is 0.461 e. The van der Waals surface area contributed by atoms with Gasteiger partial charge in [-0.15, -0.1) is 11.3 Å². The smallest absolute Gasteiger partial charge is 0.302 e. The van der Waals surface area contributed by atoms with Crippen LogP contribution in [0.5, 0.6) is 0 Å². The van der Waals surface area contributed by atoms with Gasteiger partial charge in [-0.25, -0.2) is 4.98 Å². The number of rotatable bonds is 15. The first-order chi connectivity index (χ1) is 32.5. The van der Waals surface area contributed by atoms with Gasteiger partial charge in [0.15, 0.2) is 0 Å². The highest BCUT2D eigenvalue weighted by Crippen LogP contribution is 2.36. The highest BCUT2D eigenvalue weighted by molar-refractivity contribution is 7.13. The summed E-state index contributed by atoms with van der Waals surface area (Å²) in [7, 11) is 0. The Morgan fingerprint density at radius 2 is 1.63 bits per heavy atom. The van der Waals surface area contributed by atoms with Crippen LogP contribution in [-0.4, -0.2) is 87.8 Å². The molecule has 0 radical (unpaired) electrons. The number of ether oxygens (including phenoxy) is 2. The van der Waals surface area contributed by atoms with E-state index < -0.39 is 41.4 Å². The van der Waals surface area contributed by atoms with Crippen molar-refractivity contribution < 1.29 is 33.2 Å². The number of hydrogen-bond donors (Lipinski definition) is 2. The average Bonchev–Trinajstić information content (AvgIpc) is 4.14. The fraction of sp³-hybridized carbons (Fsp3) is 0.358. The van der Waals surface area contributed by atoms with E-state index in [4.69, 9.17) is 14.0 Å². The standard InChI is InChI=1S/C53H59N7O7S/c1-33-14-15-41(48-35(3)57-67-37(48)5)28-45(33)59(43-22-20-42(21-23-43)58-24-10-11-25-58)26-12-13-27-65-31-47(62)56-50(53(7,8)9)52(64)60-30-44(66-38(6)61)29-46(60)51(63)55-34(2)39-16-18-40(19-17-39)49-36(4)54-32-68-49/h10-11,14-25,28,32,34,44,46,50H,26-27,29-31H2,1-9H3,(H,55,63)(H,56,62)/t34-,44+,46-,50+/m0/s1. The molecule has 3 aromatic carbocycles. The van der Waals surface area contributed by atoms with E-state index >= 15 is 0 Å². The molecule has 14 nitrogen and oxygen atoms in total. The van der Waals surface area contributed by atoms with E-state index in [9.17, 15) is 19.2 Å². The molecule has 4 atom stereocenters. The van der Waals surface area contributed by atoms with Crippen LogP contribution in [0.15, 0.2) is 101 Å². The molecule has 3 aromatic heterocycles. The second-order valence-electron chi connectivity index (χ2n) is 18.2. The molecule has 68 heavy (non-hydrogen) atoms. The van der Waals surface area contributed by atoms with Crippen molar-refractivity contribution >= 4 is 46.4 Å². The lowest BCUT2D eigenvalue weighted by Crippen LogP contribution is -2.58. The molecule has 4 heterocycles. The second-order valence-corrected chi connectivity index (χ2v) is 19.1. The minimum atomic E-state index is -1.03. The normalized spacial score (nSPS) is 15.5. The summed E-state index contributed by atoms with van der Waals surface area (Å²) in [6.07, 6.45) is 3.41. The van der Waals surface area contributed by atoms with Crippen LogP contribution in [0.3, 0.4) is 0 Å². The fourth-order valence-corrected chi connectivity index (χ4v) is 9.29. The lowest BCUT2D eigenvalue weighted by atomic mass is 9.85. The molecule has 15 heteroatoms. The van der Waals surface area contributed by atoms with Crippen molar-refractivity contribution in [2.75, 3.05) is 31.2 Å². The number of likely N-dealkylation sites (tertiary alicyclic amines) is 1. The summed E-state index contributed by atoms with van der Waals surface area (Å²) in [4.78, 5) is 62.9. The lowest BCUT2D eigenvalue weighted by Gasteiger charge is -2.35. The number of anilines is 2. The molecule has 2 N–H and O–H groups in total.